The molecule has 256 valence electrons. The zero-order valence-electron chi connectivity index (χ0n) is 27.3. The molecule has 2 N–H and O–H groups in total. The Kier molecular flexibility index (Phi) is 11.3. The van der Waals surface area contributed by atoms with Crippen LogP contribution in [0.5, 0.6) is 0 Å². The topological polar surface area (TPSA) is 121 Å². The highest BCUT2D eigenvalue weighted by molar-refractivity contribution is 5.92. The third kappa shape index (κ3) is 7.99. The number of carbonyl (C=O) groups is 2. The lowest BCUT2D eigenvalue weighted by molar-refractivity contribution is -0.212. The minimum absolute atomic E-state index is 0.0452. The molecule has 0 spiro atoms. The van der Waals surface area contributed by atoms with Crippen LogP contribution in [0.4, 0.5) is 0 Å². The predicted octanol–water partition coefficient (Wildman–Crippen LogP) is 5.51. The predicted molar refractivity (Wildman–Crippen MR) is 180 cm³/mol. The highest BCUT2D eigenvalue weighted by atomic mass is 16.6. The van der Waals surface area contributed by atoms with E-state index in [4.69, 9.17) is 23.7 Å². The molecule has 9 nitrogen and oxygen atoms in total. The van der Waals surface area contributed by atoms with E-state index in [0.29, 0.717) is 0 Å². The summed E-state index contributed by atoms with van der Waals surface area (Å²) in [6.45, 7) is -1.14. The second-order valence-corrected chi connectivity index (χ2v) is 12.9. The van der Waals surface area contributed by atoms with Crippen molar-refractivity contribution in [3.8, 4) is 0 Å². The van der Waals surface area contributed by atoms with Crippen LogP contribution in [0.2, 0.25) is 0 Å². The Balaban J connectivity index is 1.19. The molecule has 6 atom stereocenters. The summed E-state index contributed by atoms with van der Waals surface area (Å²) in [6, 6.07) is 38.3. The van der Waals surface area contributed by atoms with Gasteiger partial charge in [-0.25, -0.2) is 0 Å². The van der Waals surface area contributed by atoms with Gasteiger partial charge in [0.25, 0.3) is 0 Å². The zero-order chi connectivity index (χ0) is 34.1. The molecule has 9 heteroatoms. The quantitative estimate of drug-likeness (QED) is 0.149. The van der Waals surface area contributed by atoms with E-state index in [-0.39, 0.29) is 39.3 Å². The molecule has 2 aliphatic heterocycles. The van der Waals surface area contributed by atoms with Crippen LogP contribution in [-0.4, -0.2) is 60.8 Å². The molecule has 6 rings (SSSR count). The zero-order valence-corrected chi connectivity index (χ0v) is 27.3. The van der Waals surface area contributed by atoms with Gasteiger partial charge in [-0.05, 0) is 35.1 Å². The van der Waals surface area contributed by atoms with E-state index in [9.17, 15) is 19.8 Å². The lowest BCUT2D eigenvalue weighted by Gasteiger charge is -2.43. The highest BCUT2D eigenvalue weighted by Crippen LogP contribution is 2.44. The molecule has 2 aliphatic rings. The Hall–Kier alpha value is -4.22. The standard InChI is InChI=1S/C40H42O9/c41-25-39(21-33(45-23-29-13-5-1-6-14-29)35(47-27-39)31-17-9-3-10-18-31)37(43)49-38(44)40(26-42)22-34(46-24-30-15-7-2-8-16-30)36(48-28-40)32-19-11-4-12-20-32/h1-20,33-36,41-42H,21-28H2. The Morgan fingerprint density at radius 1 is 0.571 bits per heavy atom. The van der Waals surface area contributed by atoms with Gasteiger partial charge in [0.15, 0.2) is 0 Å². The fourth-order valence-corrected chi connectivity index (χ4v) is 6.50. The number of aliphatic hydroxyl groups excluding tert-OH is 2. The number of aliphatic hydroxyl groups is 2. The van der Waals surface area contributed by atoms with E-state index in [1.165, 1.54) is 0 Å². The number of hydrogen-bond donors (Lipinski definition) is 2. The van der Waals surface area contributed by atoms with Gasteiger partial charge in [0.05, 0.1) is 51.8 Å². The van der Waals surface area contributed by atoms with Crippen LogP contribution in [-0.2, 0) is 46.5 Å². The van der Waals surface area contributed by atoms with E-state index in [2.05, 4.69) is 0 Å². The molecule has 0 radical (unpaired) electrons. The van der Waals surface area contributed by atoms with Crippen LogP contribution < -0.4 is 0 Å². The van der Waals surface area contributed by atoms with Gasteiger partial charge in [0.2, 0.25) is 0 Å². The Morgan fingerprint density at radius 2 is 0.918 bits per heavy atom. The van der Waals surface area contributed by atoms with Crippen molar-refractivity contribution in [3.63, 3.8) is 0 Å². The van der Waals surface area contributed by atoms with Crippen LogP contribution in [0, 0.1) is 10.8 Å². The molecule has 0 bridgehead atoms. The largest absolute Gasteiger partial charge is 0.395 e. The van der Waals surface area contributed by atoms with E-state index >= 15 is 0 Å². The fourth-order valence-electron chi connectivity index (χ4n) is 6.50. The molecule has 6 unspecified atom stereocenters. The van der Waals surface area contributed by atoms with E-state index in [0.717, 1.165) is 22.3 Å². The van der Waals surface area contributed by atoms with Crippen LogP contribution in [0.15, 0.2) is 121 Å². The number of benzene rings is 4. The number of carbonyl (C=O) groups excluding carboxylic acids is 2. The first kappa shape index (κ1) is 34.6. The van der Waals surface area contributed by atoms with Crippen LogP contribution in [0.3, 0.4) is 0 Å². The second kappa shape index (κ2) is 16.0. The van der Waals surface area contributed by atoms with Crippen molar-refractivity contribution >= 4 is 11.9 Å². The fraction of sp³-hybridized carbons (Fsp3) is 0.350. The molecular weight excluding hydrogens is 624 g/mol. The monoisotopic (exact) mass is 666 g/mol. The summed E-state index contributed by atoms with van der Waals surface area (Å²) in [7, 11) is 0. The lowest BCUT2D eigenvalue weighted by atomic mass is 9.77. The Bertz CT molecular complexity index is 1510. The van der Waals surface area contributed by atoms with Gasteiger partial charge in [-0.1, -0.05) is 121 Å². The highest BCUT2D eigenvalue weighted by Gasteiger charge is 2.54. The summed E-state index contributed by atoms with van der Waals surface area (Å²) in [4.78, 5) is 27.8. The van der Waals surface area contributed by atoms with E-state index in [1.54, 1.807) is 0 Å². The van der Waals surface area contributed by atoms with Gasteiger partial charge in [0.1, 0.15) is 23.0 Å². The Morgan fingerprint density at radius 3 is 1.27 bits per heavy atom. The van der Waals surface area contributed by atoms with E-state index in [1.807, 2.05) is 121 Å². The van der Waals surface area contributed by atoms with Gasteiger partial charge in [-0.3, -0.25) is 9.59 Å². The lowest BCUT2D eigenvalue weighted by Crippen LogP contribution is -2.54. The molecule has 0 aromatic heterocycles. The first-order chi connectivity index (χ1) is 23.9. The molecule has 2 saturated heterocycles. The van der Waals surface area contributed by atoms with Crippen molar-refractivity contribution in [2.24, 2.45) is 10.8 Å². The summed E-state index contributed by atoms with van der Waals surface area (Å²) in [5, 5.41) is 21.3. The average molecular weight is 667 g/mol. The average Bonchev–Trinajstić information content (AvgIpc) is 3.17. The van der Waals surface area contributed by atoms with Gasteiger partial charge >= 0.3 is 11.9 Å². The summed E-state index contributed by atoms with van der Waals surface area (Å²) >= 11 is 0. The molecule has 4 aromatic rings. The molecule has 0 aliphatic carbocycles. The van der Waals surface area contributed by atoms with E-state index < -0.39 is 60.4 Å². The molecule has 49 heavy (non-hydrogen) atoms. The minimum Gasteiger partial charge on any atom is -0.395 e. The molecule has 0 saturated carbocycles. The maximum atomic E-state index is 13.9. The summed E-state index contributed by atoms with van der Waals surface area (Å²) < 4.78 is 30.7. The SMILES string of the molecule is O=C(OC(=O)C1(CO)COC(c2ccccc2)C(OCc2ccccc2)C1)C1(CO)COC(c2ccccc2)C(OCc2ccccc2)C1. The third-order valence-corrected chi connectivity index (χ3v) is 9.46. The normalized spacial score (nSPS) is 26.9. The van der Waals surface area contributed by atoms with Crippen LogP contribution in [0.1, 0.15) is 47.3 Å². The molecular formula is C40H42O9. The van der Waals surface area contributed by atoms with Crippen molar-refractivity contribution in [3.05, 3.63) is 144 Å². The van der Waals surface area contributed by atoms with Crippen molar-refractivity contribution in [2.75, 3.05) is 26.4 Å². The number of esters is 2. The van der Waals surface area contributed by atoms with Gasteiger partial charge in [-0.2, -0.15) is 0 Å². The molecule has 2 fully saturated rings. The summed E-state index contributed by atoms with van der Waals surface area (Å²) in [6.07, 6.45) is -2.22. The van der Waals surface area contributed by atoms with Crippen molar-refractivity contribution in [1.29, 1.82) is 0 Å². The second-order valence-electron chi connectivity index (χ2n) is 12.9. The third-order valence-electron chi connectivity index (χ3n) is 9.46. The Labute approximate surface area is 286 Å². The first-order valence-corrected chi connectivity index (χ1v) is 16.6. The number of hydrogen-bond acceptors (Lipinski definition) is 9. The van der Waals surface area contributed by atoms with Crippen molar-refractivity contribution in [2.45, 2.75) is 50.5 Å². The molecule has 4 aromatic carbocycles. The van der Waals surface area contributed by atoms with Gasteiger partial charge in [-0.15, -0.1) is 0 Å². The number of ether oxygens (including phenoxy) is 5. The van der Waals surface area contributed by atoms with Gasteiger partial charge in [0, 0.05) is 0 Å². The minimum atomic E-state index is -1.58. The molecule has 2 heterocycles. The first-order valence-electron chi connectivity index (χ1n) is 16.6. The maximum Gasteiger partial charge on any atom is 0.324 e. The molecule has 0 amide bonds. The van der Waals surface area contributed by atoms with Crippen molar-refractivity contribution < 1.29 is 43.5 Å². The van der Waals surface area contributed by atoms with Crippen LogP contribution in [0.25, 0.3) is 0 Å². The smallest absolute Gasteiger partial charge is 0.324 e. The van der Waals surface area contributed by atoms with Crippen LogP contribution >= 0.6 is 0 Å². The summed E-state index contributed by atoms with van der Waals surface area (Å²) in [5.41, 5.74) is 0.447. The van der Waals surface area contributed by atoms with Crippen molar-refractivity contribution in [1.82, 2.24) is 0 Å². The number of rotatable bonds is 12. The van der Waals surface area contributed by atoms with Gasteiger partial charge < -0.3 is 33.9 Å². The maximum absolute atomic E-state index is 13.9. The summed E-state index contributed by atoms with van der Waals surface area (Å²) in [5.74, 6) is -1.89.